The third-order valence-corrected chi connectivity index (χ3v) is 1.89. The highest BCUT2D eigenvalue weighted by Gasteiger charge is 2.07. The summed E-state index contributed by atoms with van der Waals surface area (Å²) in [5.74, 6) is 0. The largest absolute Gasteiger partial charge is 0.394 e. The molecular weight excluding hydrogens is 184 g/mol. The van der Waals surface area contributed by atoms with E-state index in [-0.39, 0.29) is 24.9 Å². The number of aliphatic hydroxyl groups excluding tert-OH is 1. The van der Waals surface area contributed by atoms with E-state index < -0.39 is 0 Å². The fourth-order valence-corrected chi connectivity index (χ4v) is 0.768. The number of rotatable bonds is 8. The smallest absolute Gasteiger partial charge is 0.0781 e. The van der Waals surface area contributed by atoms with Crippen LogP contribution in [0.2, 0.25) is 0 Å². The Hall–Kier alpha value is -0.160. The highest BCUT2D eigenvalue weighted by Crippen LogP contribution is 1.98. The molecule has 3 unspecified atom stereocenters. The summed E-state index contributed by atoms with van der Waals surface area (Å²) in [5, 5.41) is 8.72. The van der Waals surface area contributed by atoms with E-state index in [1.54, 1.807) is 7.11 Å². The zero-order valence-electron chi connectivity index (χ0n) is 9.53. The van der Waals surface area contributed by atoms with Crippen LogP contribution in [0, 0.1) is 0 Å². The number of aliphatic hydroxyl groups is 1. The summed E-state index contributed by atoms with van der Waals surface area (Å²) in [6.07, 6.45) is 0.00946. The zero-order chi connectivity index (χ0) is 11.0. The second-order valence-corrected chi connectivity index (χ2v) is 3.52. The Morgan fingerprint density at radius 2 is 1.43 bits per heavy atom. The molecule has 0 fully saturated rings. The third-order valence-electron chi connectivity index (χ3n) is 1.89. The average Bonchev–Trinajstić information content (AvgIpc) is 2.22. The molecule has 0 amide bonds. The maximum atomic E-state index is 8.72. The molecule has 0 saturated carbocycles. The van der Waals surface area contributed by atoms with Crippen LogP contribution in [0.15, 0.2) is 0 Å². The highest BCUT2D eigenvalue weighted by atomic mass is 16.6. The Kier molecular flexibility index (Phi) is 8.08. The summed E-state index contributed by atoms with van der Waals surface area (Å²) in [5.41, 5.74) is 0. The summed E-state index contributed by atoms with van der Waals surface area (Å²) >= 11 is 0. The summed E-state index contributed by atoms with van der Waals surface area (Å²) in [6, 6.07) is 0. The first-order chi connectivity index (χ1) is 6.60. The van der Waals surface area contributed by atoms with Gasteiger partial charge >= 0.3 is 0 Å². The van der Waals surface area contributed by atoms with Gasteiger partial charge < -0.3 is 19.3 Å². The normalized spacial score (nSPS) is 17.8. The Morgan fingerprint density at radius 1 is 0.929 bits per heavy atom. The Morgan fingerprint density at radius 3 is 1.93 bits per heavy atom. The van der Waals surface area contributed by atoms with E-state index in [9.17, 15) is 0 Å². The van der Waals surface area contributed by atoms with Crippen molar-refractivity contribution in [1.29, 1.82) is 0 Å². The molecule has 0 bridgehead atoms. The predicted molar refractivity (Wildman–Crippen MR) is 54.4 cm³/mol. The molecule has 0 aromatic rings. The molecule has 0 aliphatic rings. The lowest BCUT2D eigenvalue weighted by Gasteiger charge is -2.18. The first kappa shape index (κ1) is 13.8. The van der Waals surface area contributed by atoms with Crippen LogP contribution in [0.5, 0.6) is 0 Å². The van der Waals surface area contributed by atoms with Crippen molar-refractivity contribution in [1.82, 2.24) is 0 Å². The van der Waals surface area contributed by atoms with E-state index in [0.29, 0.717) is 13.2 Å². The van der Waals surface area contributed by atoms with E-state index in [1.807, 2.05) is 20.8 Å². The number of hydrogen-bond donors (Lipinski definition) is 1. The lowest BCUT2D eigenvalue weighted by molar-refractivity contribution is -0.0677. The van der Waals surface area contributed by atoms with Gasteiger partial charge in [-0.3, -0.25) is 0 Å². The summed E-state index contributed by atoms with van der Waals surface area (Å²) < 4.78 is 15.8. The molecule has 0 saturated heterocycles. The van der Waals surface area contributed by atoms with Crippen LogP contribution >= 0.6 is 0 Å². The van der Waals surface area contributed by atoms with E-state index in [4.69, 9.17) is 19.3 Å². The van der Waals surface area contributed by atoms with Gasteiger partial charge in [0.05, 0.1) is 38.1 Å². The van der Waals surface area contributed by atoms with E-state index in [2.05, 4.69) is 0 Å². The molecule has 14 heavy (non-hydrogen) atoms. The van der Waals surface area contributed by atoms with Gasteiger partial charge in [-0.2, -0.15) is 0 Å². The second-order valence-electron chi connectivity index (χ2n) is 3.52. The van der Waals surface area contributed by atoms with Crippen molar-refractivity contribution in [2.24, 2.45) is 0 Å². The molecule has 0 rings (SSSR count). The van der Waals surface area contributed by atoms with Crippen LogP contribution in [0.25, 0.3) is 0 Å². The van der Waals surface area contributed by atoms with Crippen molar-refractivity contribution < 1.29 is 19.3 Å². The van der Waals surface area contributed by atoms with Crippen LogP contribution in [-0.2, 0) is 14.2 Å². The highest BCUT2D eigenvalue weighted by molar-refractivity contribution is 4.53. The fourth-order valence-electron chi connectivity index (χ4n) is 0.768. The van der Waals surface area contributed by atoms with Crippen molar-refractivity contribution in [2.75, 3.05) is 26.9 Å². The monoisotopic (exact) mass is 206 g/mol. The van der Waals surface area contributed by atoms with Crippen molar-refractivity contribution in [3.05, 3.63) is 0 Å². The molecule has 86 valence electrons. The first-order valence-electron chi connectivity index (χ1n) is 4.97. The average molecular weight is 206 g/mol. The van der Waals surface area contributed by atoms with E-state index >= 15 is 0 Å². The van der Waals surface area contributed by atoms with Crippen molar-refractivity contribution in [2.45, 2.75) is 39.1 Å². The van der Waals surface area contributed by atoms with Gasteiger partial charge in [-0.05, 0) is 20.8 Å². The molecule has 4 nitrogen and oxygen atoms in total. The molecule has 3 atom stereocenters. The Labute approximate surface area is 86.2 Å². The van der Waals surface area contributed by atoms with Crippen molar-refractivity contribution >= 4 is 0 Å². The second kappa shape index (κ2) is 8.17. The van der Waals surface area contributed by atoms with Gasteiger partial charge in [0.2, 0.25) is 0 Å². The standard InChI is InChI=1S/C10H22O4/c1-8(5-11)13-7-10(3)14-6-9(2)12-4/h8-11H,5-7H2,1-4H3. The van der Waals surface area contributed by atoms with Gasteiger partial charge in [-0.1, -0.05) is 0 Å². The van der Waals surface area contributed by atoms with Gasteiger partial charge in [0, 0.05) is 7.11 Å². The maximum Gasteiger partial charge on any atom is 0.0781 e. The molecule has 1 N–H and O–H groups in total. The van der Waals surface area contributed by atoms with Crippen molar-refractivity contribution in [3.8, 4) is 0 Å². The van der Waals surface area contributed by atoms with E-state index in [1.165, 1.54) is 0 Å². The van der Waals surface area contributed by atoms with Crippen LogP contribution < -0.4 is 0 Å². The Bertz CT molecular complexity index is 115. The number of ether oxygens (including phenoxy) is 3. The molecule has 0 aromatic heterocycles. The molecule has 0 spiro atoms. The molecule has 0 aliphatic carbocycles. The minimum atomic E-state index is -0.124. The Balaban J connectivity index is 3.40. The molecule has 4 heteroatoms. The van der Waals surface area contributed by atoms with Gasteiger partial charge in [0.15, 0.2) is 0 Å². The SMILES string of the molecule is COC(C)COC(C)COC(C)CO. The van der Waals surface area contributed by atoms with Gasteiger partial charge in [0.25, 0.3) is 0 Å². The fraction of sp³-hybridized carbons (Fsp3) is 1.00. The molecular formula is C10H22O4. The molecule has 0 aliphatic heterocycles. The zero-order valence-corrected chi connectivity index (χ0v) is 9.53. The van der Waals surface area contributed by atoms with Gasteiger partial charge in [-0.15, -0.1) is 0 Å². The lowest BCUT2D eigenvalue weighted by Crippen LogP contribution is -2.25. The molecule has 0 heterocycles. The van der Waals surface area contributed by atoms with Crippen LogP contribution in [0.3, 0.4) is 0 Å². The quantitative estimate of drug-likeness (QED) is 0.639. The van der Waals surface area contributed by atoms with Crippen LogP contribution in [0.1, 0.15) is 20.8 Å². The molecule has 0 radical (unpaired) electrons. The topological polar surface area (TPSA) is 47.9 Å². The lowest BCUT2D eigenvalue weighted by atomic mass is 10.4. The third kappa shape index (κ3) is 7.26. The van der Waals surface area contributed by atoms with Crippen LogP contribution in [0.4, 0.5) is 0 Å². The first-order valence-corrected chi connectivity index (χ1v) is 4.97. The number of methoxy groups -OCH3 is 1. The summed E-state index contributed by atoms with van der Waals surface area (Å²) in [4.78, 5) is 0. The molecule has 0 aromatic carbocycles. The minimum Gasteiger partial charge on any atom is -0.394 e. The number of hydrogen-bond acceptors (Lipinski definition) is 4. The predicted octanol–water partition coefficient (Wildman–Crippen LogP) is 0.824. The summed E-state index contributed by atoms with van der Waals surface area (Å²) in [6.45, 7) is 6.81. The maximum absolute atomic E-state index is 8.72. The van der Waals surface area contributed by atoms with Crippen LogP contribution in [-0.4, -0.2) is 50.3 Å². The van der Waals surface area contributed by atoms with Crippen molar-refractivity contribution in [3.63, 3.8) is 0 Å². The van der Waals surface area contributed by atoms with E-state index in [0.717, 1.165) is 0 Å². The summed E-state index contributed by atoms with van der Waals surface area (Å²) in [7, 11) is 1.66. The minimum absolute atomic E-state index is 0.0293. The van der Waals surface area contributed by atoms with Gasteiger partial charge in [-0.25, -0.2) is 0 Å². The van der Waals surface area contributed by atoms with Gasteiger partial charge in [0.1, 0.15) is 0 Å².